The third-order valence-electron chi connectivity index (χ3n) is 7.18. The summed E-state index contributed by atoms with van der Waals surface area (Å²) >= 11 is 3.36. The number of carbonyl (C=O) groups is 2. The summed E-state index contributed by atoms with van der Waals surface area (Å²) in [6.07, 6.45) is 10.4. The van der Waals surface area contributed by atoms with Crippen LogP contribution in [0.15, 0.2) is 139 Å². The summed E-state index contributed by atoms with van der Waals surface area (Å²) in [5.74, 6) is 0.625. The van der Waals surface area contributed by atoms with Gasteiger partial charge in [-0.25, -0.2) is 9.97 Å². The number of nitrogens with zero attached hydrogens (tertiary/aromatic N) is 6. The Labute approximate surface area is 287 Å². The zero-order chi connectivity index (χ0) is 33.9. The highest BCUT2D eigenvalue weighted by atomic mass is 79.9. The summed E-state index contributed by atoms with van der Waals surface area (Å²) in [5, 5.41) is 5.66. The lowest BCUT2D eigenvalue weighted by Gasteiger charge is -2.19. The number of nitrogens with one attached hydrogen (secondary N) is 2. The molecule has 4 heterocycles. The van der Waals surface area contributed by atoms with Crippen LogP contribution in [0.5, 0.6) is 0 Å². The molecule has 10 nitrogen and oxygen atoms in total. The maximum atomic E-state index is 12.3. The largest absolute Gasteiger partial charge is 0.343 e. The Bertz CT molecular complexity index is 1850. The number of amides is 2. The van der Waals surface area contributed by atoms with Gasteiger partial charge in [-0.3, -0.25) is 19.6 Å². The summed E-state index contributed by atoms with van der Waals surface area (Å²) < 4.78 is 0.855. The second-order valence-corrected chi connectivity index (χ2v) is 11.5. The average Bonchev–Trinajstić information content (AvgIpc) is 3.12. The number of anilines is 6. The molecule has 0 unspecified atom stereocenters. The third-order valence-corrected chi connectivity index (χ3v) is 7.67. The molecule has 2 amide bonds. The zero-order valence-corrected chi connectivity index (χ0v) is 28.2. The highest BCUT2D eigenvalue weighted by Gasteiger charge is 2.11. The Hall–Kier alpha value is -5.94. The Morgan fingerprint density at radius 2 is 1.08 bits per heavy atom. The highest BCUT2D eigenvalue weighted by Crippen LogP contribution is 2.25. The first kappa shape index (κ1) is 33.4. The quantitative estimate of drug-likeness (QED) is 0.164. The van der Waals surface area contributed by atoms with Crippen LogP contribution in [0.4, 0.5) is 34.4 Å². The number of hydrogen-bond donors (Lipinski definition) is 2. The van der Waals surface area contributed by atoms with Crippen LogP contribution in [0.1, 0.15) is 26.3 Å². The second kappa shape index (κ2) is 16.1. The van der Waals surface area contributed by atoms with Gasteiger partial charge in [-0.1, -0.05) is 39.7 Å². The molecule has 6 rings (SSSR count). The fourth-order valence-corrected chi connectivity index (χ4v) is 4.99. The topological polar surface area (TPSA) is 116 Å². The third kappa shape index (κ3) is 9.08. The molecule has 0 atom stereocenters. The Morgan fingerprint density at radius 1 is 0.583 bits per heavy atom. The molecular formula is C37H33BrN8O2. The van der Waals surface area contributed by atoms with Crippen LogP contribution in [-0.4, -0.2) is 45.8 Å². The van der Waals surface area contributed by atoms with Crippen molar-refractivity contribution in [3.05, 3.63) is 155 Å². The molecule has 4 aromatic heterocycles. The van der Waals surface area contributed by atoms with Crippen molar-refractivity contribution >= 4 is 62.1 Å². The molecule has 0 aliphatic heterocycles. The van der Waals surface area contributed by atoms with Crippen LogP contribution in [0.25, 0.3) is 0 Å². The standard InChI is InChI=1S/C19H18N4O.C18H15BrN4O/c1-14-5-3-6-15(11-14)19(24)22-18-12-16(8-10-21-18)23(2)17-7-4-9-20-13-17;1-23(16-6-3-8-20-12-16)15-7-9-21-17(11-15)22-18(24)13-4-2-5-14(19)10-13/h3-13H,1-2H3,(H,21,22,24);2-12H,1H3,(H,21,22,24). The van der Waals surface area contributed by atoms with Crippen LogP contribution < -0.4 is 20.4 Å². The van der Waals surface area contributed by atoms with Crippen LogP contribution in [0, 0.1) is 6.92 Å². The lowest BCUT2D eigenvalue weighted by atomic mass is 10.1. The molecule has 2 aromatic carbocycles. The lowest BCUT2D eigenvalue weighted by molar-refractivity contribution is 0.101. The van der Waals surface area contributed by atoms with Gasteiger partial charge in [0.25, 0.3) is 11.8 Å². The number of carbonyl (C=O) groups excluding carboxylic acids is 2. The van der Waals surface area contributed by atoms with Gasteiger partial charge in [0.05, 0.1) is 23.8 Å². The fourth-order valence-electron chi connectivity index (χ4n) is 4.59. The number of rotatable bonds is 8. The Morgan fingerprint density at radius 3 is 1.54 bits per heavy atom. The van der Waals surface area contributed by atoms with Crippen molar-refractivity contribution in [1.29, 1.82) is 0 Å². The summed E-state index contributed by atoms with van der Waals surface area (Å²) in [7, 11) is 3.88. The van der Waals surface area contributed by atoms with Crippen molar-refractivity contribution in [2.75, 3.05) is 34.5 Å². The molecule has 0 aliphatic carbocycles. The number of benzene rings is 2. The molecule has 0 saturated carbocycles. The number of pyridine rings is 4. The lowest BCUT2D eigenvalue weighted by Crippen LogP contribution is -2.14. The number of hydrogen-bond acceptors (Lipinski definition) is 8. The van der Waals surface area contributed by atoms with Gasteiger partial charge in [-0.15, -0.1) is 0 Å². The molecule has 2 N–H and O–H groups in total. The first-order valence-corrected chi connectivity index (χ1v) is 15.7. The SMILES string of the molecule is CN(c1cccnc1)c1ccnc(NC(=O)c2cccc(Br)c2)c1.Cc1cccc(C(=O)Nc2cc(N(C)c3cccnc3)ccn2)c1. The molecule has 0 fully saturated rings. The van der Waals surface area contributed by atoms with E-state index < -0.39 is 0 Å². The van der Waals surface area contributed by atoms with E-state index in [9.17, 15) is 9.59 Å². The van der Waals surface area contributed by atoms with Gasteiger partial charge < -0.3 is 20.4 Å². The molecule has 0 aliphatic rings. The molecule has 48 heavy (non-hydrogen) atoms. The van der Waals surface area contributed by atoms with Crippen LogP contribution >= 0.6 is 15.9 Å². The van der Waals surface area contributed by atoms with Crippen LogP contribution in [0.2, 0.25) is 0 Å². The highest BCUT2D eigenvalue weighted by molar-refractivity contribution is 9.10. The van der Waals surface area contributed by atoms with E-state index in [2.05, 4.69) is 46.5 Å². The van der Waals surface area contributed by atoms with Crippen molar-refractivity contribution in [2.24, 2.45) is 0 Å². The molecular weight excluding hydrogens is 668 g/mol. The van der Waals surface area contributed by atoms with Gasteiger partial charge in [0.1, 0.15) is 11.6 Å². The molecule has 6 aromatic rings. The average molecular weight is 702 g/mol. The van der Waals surface area contributed by atoms with E-state index in [-0.39, 0.29) is 11.8 Å². The smallest absolute Gasteiger partial charge is 0.256 e. The summed E-state index contributed by atoms with van der Waals surface area (Å²) in [4.78, 5) is 45.3. The monoisotopic (exact) mass is 700 g/mol. The van der Waals surface area contributed by atoms with Crippen molar-refractivity contribution < 1.29 is 9.59 Å². The Kier molecular flexibility index (Phi) is 11.2. The van der Waals surface area contributed by atoms with Crippen molar-refractivity contribution in [1.82, 2.24) is 19.9 Å². The normalized spacial score (nSPS) is 10.2. The van der Waals surface area contributed by atoms with E-state index in [1.165, 1.54) is 0 Å². The van der Waals surface area contributed by atoms with Gasteiger partial charge in [0, 0.05) is 78.0 Å². The van der Waals surface area contributed by atoms with E-state index in [0.29, 0.717) is 22.8 Å². The van der Waals surface area contributed by atoms with E-state index in [4.69, 9.17) is 0 Å². The maximum absolute atomic E-state index is 12.3. The van der Waals surface area contributed by atoms with E-state index in [0.717, 1.165) is 32.8 Å². The molecule has 0 bridgehead atoms. The molecule has 0 saturated heterocycles. The van der Waals surface area contributed by atoms with Gasteiger partial charge in [-0.05, 0) is 73.7 Å². The second-order valence-electron chi connectivity index (χ2n) is 10.6. The predicted octanol–water partition coefficient (Wildman–Crippen LogP) is 8.06. The van der Waals surface area contributed by atoms with Crippen LogP contribution in [0.3, 0.4) is 0 Å². The van der Waals surface area contributed by atoms with Gasteiger partial charge in [0.15, 0.2) is 0 Å². The zero-order valence-electron chi connectivity index (χ0n) is 26.6. The minimum Gasteiger partial charge on any atom is -0.343 e. The van der Waals surface area contributed by atoms with E-state index in [1.54, 1.807) is 55.4 Å². The molecule has 0 spiro atoms. The van der Waals surface area contributed by atoms with Gasteiger partial charge in [-0.2, -0.15) is 0 Å². The maximum Gasteiger partial charge on any atom is 0.256 e. The molecule has 240 valence electrons. The van der Waals surface area contributed by atoms with Crippen molar-refractivity contribution in [2.45, 2.75) is 6.92 Å². The fraction of sp³-hybridized carbons (Fsp3) is 0.0811. The first-order chi connectivity index (χ1) is 23.3. The number of aromatic nitrogens is 4. The van der Waals surface area contributed by atoms with E-state index in [1.807, 2.05) is 110 Å². The summed E-state index contributed by atoms with van der Waals surface area (Å²) in [5.41, 5.74) is 5.95. The van der Waals surface area contributed by atoms with Crippen molar-refractivity contribution in [3.63, 3.8) is 0 Å². The molecule has 11 heteroatoms. The predicted molar refractivity (Wildman–Crippen MR) is 194 cm³/mol. The van der Waals surface area contributed by atoms with Gasteiger partial charge >= 0.3 is 0 Å². The first-order valence-electron chi connectivity index (χ1n) is 14.9. The summed E-state index contributed by atoms with van der Waals surface area (Å²) in [6.45, 7) is 1.96. The van der Waals surface area contributed by atoms with Gasteiger partial charge in [0.2, 0.25) is 0 Å². The Balaban J connectivity index is 0.000000188. The number of halogens is 1. The minimum absolute atomic E-state index is 0.174. The van der Waals surface area contributed by atoms with E-state index >= 15 is 0 Å². The van der Waals surface area contributed by atoms with Crippen LogP contribution in [-0.2, 0) is 0 Å². The molecule has 0 radical (unpaired) electrons. The van der Waals surface area contributed by atoms with Crippen molar-refractivity contribution in [3.8, 4) is 0 Å². The minimum atomic E-state index is -0.204. The summed E-state index contributed by atoms with van der Waals surface area (Å²) in [6, 6.07) is 29.8. The number of aryl methyl sites for hydroxylation is 1.